The Hall–Kier alpha value is -1.56. The SMILES string of the molecule is CN1CCC(CNC(=O)c2nn(C)cc2N)CC1. The van der Waals surface area contributed by atoms with E-state index in [2.05, 4.69) is 22.4 Å². The number of nitrogen functional groups attached to an aromatic ring is 1. The van der Waals surface area contributed by atoms with Crippen LogP contribution in [0.3, 0.4) is 0 Å². The van der Waals surface area contributed by atoms with Gasteiger partial charge in [-0.25, -0.2) is 0 Å². The quantitative estimate of drug-likeness (QED) is 0.797. The molecule has 1 saturated heterocycles. The van der Waals surface area contributed by atoms with Gasteiger partial charge in [0, 0.05) is 19.8 Å². The first-order valence-corrected chi connectivity index (χ1v) is 6.32. The Morgan fingerprint density at radius 3 is 2.72 bits per heavy atom. The van der Waals surface area contributed by atoms with E-state index in [-0.39, 0.29) is 5.91 Å². The van der Waals surface area contributed by atoms with Crippen LogP contribution in [0, 0.1) is 5.92 Å². The summed E-state index contributed by atoms with van der Waals surface area (Å²) in [5, 5.41) is 6.98. The van der Waals surface area contributed by atoms with Crippen LogP contribution in [0.15, 0.2) is 6.20 Å². The Kier molecular flexibility index (Phi) is 3.86. The van der Waals surface area contributed by atoms with Crippen LogP contribution < -0.4 is 11.1 Å². The molecule has 6 heteroatoms. The Morgan fingerprint density at radius 2 is 2.17 bits per heavy atom. The number of likely N-dealkylation sites (tertiary alicyclic amines) is 1. The fourth-order valence-corrected chi connectivity index (χ4v) is 2.27. The summed E-state index contributed by atoms with van der Waals surface area (Å²) < 4.78 is 1.56. The minimum absolute atomic E-state index is 0.174. The summed E-state index contributed by atoms with van der Waals surface area (Å²) in [5.41, 5.74) is 6.47. The van der Waals surface area contributed by atoms with Crippen molar-refractivity contribution >= 4 is 11.6 Å². The molecule has 100 valence electrons. The van der Waals surface area contributed by atoms with Gasteiger partial charge in [-0.2, -0.15) is 5.10 Å². The van der Waals surface area contributed by atoms with E-state index in [9.17, 15) is 4.79 Å². The van der Waals surface area contributed by atoms with Gasteiger partial charge in [0.25, 0.3) is 5.91 Å². The van der Waals surface area contributed by atoms with Gasteiger partial charge in [-0.05, 0) is 38.9 Å². The lowest BCUT2D eigenvalue weighted by molar-refractivity contribution is 0.0934. The predicted molar refractivity (Wildman–Crippen MR) is 70.2 cm³/mol. The molecule has 1 aliphatic rings. The summed E-state index contributed by atoms with van der Waals surface area (Å²) in [6.45, 7) is 2.92. The van der Waals surface area contributed by atoms with E-state index in [4.69, 9.17) is 5.73 Å². The maximum absolute atomic E-state index is 11.9. The van der Waals surface area contributed by atoms with Gasteiger partial charge in [0.2, 0.25) is 0 Å². The molecule has 6 nitrogen and oxygen atoms in total. The number of hydrogen-bond donors (Lipinski definition) is 2. The number of aromatic nitrogens is 2. The van der Waals surface area contributed by atoms with Crippen molar-refractivity contribution in [2.24, 2.45) is 13.0 Å². The molecule has 0 aliphatic carbocycles. The van der Waals surface area contributed by atoms with Crippen molar-refractivity contribution in [1.82, 2.24) is 20.0 Å². The van der Waals surface area contributed by atoms with Gasteiger partial charge in [-0.1, -0.05) is 0 Å². The minimum Gasteiger partial charge on any atom is -0.396 e. The van der Waals surface area contributed by atoms with Gasteiger partial charge < -0.3 is 16.0 Å². The highest BCUT2D eigenvalue weighted by atomic mass is 16.2. The molecule has 0 atom stereocenters. The molecule has 0 bridgehead atoms. The van der Waals surface area contributed by atoms with Gasteiger partial charge >= 0.3 is 0 Å². The molecule has 18 heavy (non-hydrogen) atoms. The first kappa shape index (κ1) is 12.9. The number of hydrogen-bond acceptors (Lipinski definition) is 4. The molecule has 0 unspecified atom stereocenters. The molecule has 1 aliphatic heterocycles. The van der Waals surface area contributed by atoms with E-state index in [0.29, 0.717) is 23.8 Å². The highest BCUT2D eigenvalue weighted by molar-refractivity contribution is 5.96. The molecule has 1 aromatic rings. The number of piperidine rings is 1. The first-order valence-electron chi connectivity index (χ1n) is 6.32. The third kappa shape index (κ3) is 3.01. The number of carbonyl (C=O) groups excluding carboxylic acids is 1. The van der Waals surface area contributed by atoms with E-state index in [1.54, 1.807) is 17.9 Å². The molecular formula is C12H21N5O. The average Bonchev–Trinajstić information content (AvgIpc) is 2.67. The second kappa shape index (κ2) is 5.39. The lowest BCUT2D eigenvalue weighted by Crippen LogP contribution is -2.37. The standard InChI is InChI=1S/C12H21N5O/c1-16-5-3-9(4-6-16)7-14-12(18)11-10(13)8-17(2)15-11/h8-9H,3-7,13H2,1-2H3,(H,14,18). The number of nitrogens with zero attached hydrogens (tertiary/aromatic N) is 3. The molecule has 1 amide bonds. The van der Waals surface area contributed by atoms with E-state index in [1.165, 1.54) is 0 Å². The van der Waals surface area contributed by atoms with Crippen LogP contribution >= 0.6 is 0 Å². The van der Waals surface area contributed by atoms with Crippen LogP contribution in [-0.4, -0.2) is 47.3 Å². The molecule has 0 spiro atoms. The second-order valence-corrected chi connectivity index (χ2v) is 5.06. The fraction of sp³-hybridized carbons (Fsp3) is 0.667. The van der Waals surface area contributed by atoms with Crippen LogP contribution in [0.2, 0.25) is 0 Å². The van der Waals surface area contributed by atoms with Crippen LogP contribution in [0.25, 0.3) is 0 Å². The van der Waals surface area contributed by atoms with Crippen molar-refractivity contribution in [3.05, 3.63) is 11.9 Å². The summed E-state index contributed by atoms with van der Waals surface area (Å²) in [6.07, 6.45) is 3.91. The molecule has 1 fully saturated rings. The maximum atomic E-state index is 11.9. The zero-order valence-electron chi connectivity index (χ0n) is 11.0. The number of anilines is 1. The number of amides is 1. The average molecular weight is 251 g/mol. The van der Waals surface area contributed by atoms with Gasteiger partial charge in [0.05, 0.1) is 5.69 Å². The smallest absolute Gasteiger partial charge is 0.273 e. The van der Waals surface area contributed by atoms with Crippen LogP contribution in [0.5, 0.6) is 0 Å². The van der Waals surface area contributed by atoms with Gasteiger partial charge in [-0.15, -0.1) is 0 Å². The van der Waals surface area contributed by atoms with E-state index < -0.39 is 0 Å². The summed E-state index contributed by atoms with van der Waals surface area (Å²) >= 11 is 0. The number of carbonyl (C=O) groups is 1. The lowest BCUT2D eigenvalue weighted by Gasteiger charge is -2.28. The van der Waals surface area contributed by atoms with Crippen LogP contribution in [0.1, 0.15) is 23.3 Å². The Labute approximate surface area is 107 Å². The largest absolute Gasteiger partial charge is 0.396 e. The summed E-state index contributed by atoms with van der Waals surface area (Å²) in [7, 11) is 3.88. The van der Waals surface area contributed by atoms with Crippen LogP contribution in [-0.2, 0) is 7.05 Å². The van der Waals surface area contributed by atoms with Crippen molar-refractivity contribution in [3.8, 4) is 0 Å². The Morgan fingerprint density at radius 1 is 1.50 bits per heavy atom. The summed E-state index contributed by atoms with van der Waals surface area (Å²) in [6, 6.07) is 0. The van der Waals surface area contributed by atoms with Gasteiger partial charge in [0.1, 0.15) is 0 Å². The highest BCUT2D eigenvalue weighted by Crippen LogP contribution is 2.15. The molecule has 2 rings (SSSR count). The van der Waals surface area contributed by atoms with E-state index in [1.807, 2.05) is 0 Å². The predicted octanol–water partition coefficient (Wildman–Crippen LogP) is 0.0739. The molecule has 0 aromatic carbocycles. The fourth-order valence-electron chi connectivity index (χ4n) is 2.27. The van der Waals surface area contributed by atoms with Gasteiger partial charge in [-0.3, -0.25) is 9.48 Å². The Bertz CT molecular complexity index is 420. The first-order chi connectivity index (χ1) is 8.56. The number of rotatable bonds is 3. The van der Waals surface area contributed by atoms with Gasteiger partial charge in [0.15, 0.2) is 5.69 Å². The zero-order valence-corrected chi connectivity index (χ0v) is 11.0. The number of aryl methyl sites for hydroxylation is 1. The lowest BCUT2D eigenvalue weighted by atomic mass is 9.97. The monoisotopic (exact) mass is 251 g/mol. The molecule has 2 heterocycles. The third-order valence-electron chi connectivity index (χ3n) is 3.46. The van der Waals surface area contributed by atoms with E-state index in [0.717, 1.165) is 25.9 Å². The summed E-state index contributed by atoms with van der Waals surface area (Å²) in [4.78, 5) is 14.2. The second-order valence-electron chi connectivity index (χ2n) is 5.06. The molecular weight excluding hydrogens is 230 g/mol. The van der Waals surface area contributed by atoms with Crippen molar-refractivity contribution in [2.75, 3.05) is 32.4 Å². The van der Waals surface area contributed by atoms with Crippen molar-refractivity contribution < 1.29 is 4.79 Å². The Balaban J connectivity index is 1.83. The molecule has 0 radical (unpaired) electrons. The maximum Gasteiger partial charge on any atom is 0.273 e. The summed E-state index contributed by atoms with van der Waals surface area (Å²) in [5.74, 6) is 0.391. The zero-order chi connectivity index (χ0) is 13.1. The van der Waals surface area contributed by atoms with Crippen LogP contribution in [0.4, 0.5) is 5.69 Å². The highest BCUT2D eigenvalue weighted by Gasteiger charge is 2.19. The molecule has 0 saturated carbocycles. The van der Waals surface area contributed by atoms with E-state index >= 15 is 0 Å². The number of nitrogens with one attached hydrogen (secondary N) is 1. The van der Waals surface area contributed by atoms with Crippen molar-refractivity contribution in [3.63, 3.8) is 0 Å². The minimum atomic E-state index is -0.174. The third-order valence-corrected chi connectivity index (χ3v) is 3.46. The number of nitrogens with two attached hydrogens (primary N) is 1. The van der Waals surface area contributed by atoms with Crippen molar-refractivity contribution in [1.29, 1.82) is 0 Å². The van der Waals surface area contributed by atoms with Crippen molar-refractivity contribution in [2.45, 2.75) is 12.8 Å². The molecule has 3 N–H and O–H groups in total. The molecule has 1 aromatic heterocycles. The topological polar surface area (TPSA) is 76.2 Å². The normalized spacial score (nSPS) is 17.9.